The van der Waals surface area contributed by atoms with Crippen molar-refractivity contribution in [3.8, 4) is 5.75 Å². The molecular formula is C18H21NO2. The van der Waals surface area contributed by atoms with Crippen molar-refractivity contribution in [2.75, 3.05) is 13.7 Å². The lowest BCUT2D eigenvalue weighted by Crippen LogP contribution is -2.31. The lowest BCUT2D eigenvalue weighted by atomic mass is 10.1. The second-order valence-electron chi connectivity index (χ2n) is 5.28. The van der Waals surface area contributed by atoms with Crippen molar-refractivity contribution in [2.24, 2.45) is 0 Å². The van der Waals surface area contributed by atoms with Crippen LogP contribution in [0, 0.1) is 13.8 Å². The van der Waals surface area contributed by atoms with Crippen LogP contribution in [0.5, 0.6) is 5.75 Å². The number of ether oxygens (including phenoxy) is 1. The van der Waals surface area contributed by atoms with Gasteiger partial charge in [0, 0.05) is 13.6 Å². The third-order valence-electron chi connectivity index (χ3n) is 3.45. The van der Waals surface area contributed by atoms with Crippen molar-refractivity contribution < 1.29 is 9.53 Å². The molecule has 3 nitrogen and oxygen atoms in total. The first-order valence-corrected chi connectivity index (χ1v) is 7.04. The monoisotopic (exact) mass is 283 g/mol. The average Bonchev–Trinajstić information content (AvgIpc) is 2.47. The lowest BCUT2D eigenvalue weighted by Gasteiger charge is -2.18. The summed E-state index contributed by atoms with van der Waals surface area (Å²) in [4.78, 5) is 13.8. The summed E-state index contributed by atoms with van der Waals surface area (Å²) in [6.45, 7) is 4.71. The van der Waals surface area contributed by atoms with Crippen LogP contribution in [0.3, 0.4) is 0 Å². The Morgan fingerprint density at radius 1 is 1.10 bits per heavy atom. The first-order chi connectivity index (χ1) is 10.1. The smallest absolute Gasteiger partial charge is 0.260 e. The summed E-state index contributed by atoms with van der Waals surface area (Å²) in [6.07, 6.45) is 0. The summed E-state index contributed by atoms with van der Waals surface area (Å²) >= 11 is 0. The minimum Gasteiger partial charge on any atom is -0.484 e. The SMILES string of the molecule is Cc1cccc(OCC(=O)N(C)Cc2ccccc2C)c1. The Morgan fingerprint density at radius 3 is 2.57 bits per heavy atom. The Morgan fingerprint density at radius 2 is 1.86 bits per heavy atom. The normalized spacial score (nSPS) is 10.2. The second kappa shape index (κ2) is 6.93. The van der Waals surface area contributed by atoms with Crippen molar-refractivity contribution in [3.63, 3.8) is 0 Å². The molecule has 2 aromatic carbocycles. The van der Waals surface area contributed by atoms with Gasteiger partial charge in [-0.15, -0.1) is 0 Å². The molecule has 2 rings (SSSR count). The third kappa shape index (κ3) is 4.35. The van der Waals surface area contributed by atoms with Gasteiger partial charge in [0.1, 0.15) is 5.75 Å². The highest BCUT2D eigenvalue weighted by molar-refractivity contribution is 5.77. The molecule has 1 amide bonds. The van der Waals surface area contributed by atoms with Gasteiger partial charge in [-0.25, -0.2) is 0 Å². The largest absolute Gasteiger partial charge is 0.484 e. The molecule has 0 saturated carbocycles. The van der Waals surface area contributed by atoms with Crippen molar-refractivity contribution in [2.45, 2.75) is 20.4 Å². The van der Waals surface area contributed by atoms with Gasteiger partial charge in [-0.05, 0) is 42.7 Å². The molecule has 0 aliphatic rings. The molecule has 0 bridgehead atoms. The van der Waals surface area contributed by atoms with E-state index in [0.717, 1.165) is 16.9 Å². The van der Waals surface area contributed by atoms with E-state index in [4.69, 9.17) is 4.74 Å². The Labute approximate surface area is 126 Å². The molecule has 2 aromatic rings. The molecule has 0 saturated heterocycles. The Hall–Kier alpha value is -2.29. The fourth-order valence-electron chi connectivity index (χ4n) is 2.09. The van der Waals surface area contributed by atoms with E-state index in [1.807, 2.05) is 49.4 Å². The van der Waals surface area contributed by atoms with Crippen LogP contribution >= 0.6 is 0 Å². The molecule has 0 heterocycles. The summed E-state index contributed by atoms with van der Waals surface area (Å²) in [7, 11) is 1.80. The number of rotatable bonds is 5. The Bertz CT molecular complexity index is 622. The maximum atomic E-state index is 12.1. The van der Waals surface area contributed by atoms with Crippen molar-refractivity contribution in [3.05, 3.63) is 65.2 Å². The van der Waals surface area contributed by atoms with Crippen molar-refractivity contribution >= 4 is 5.91 Å². The molecule has 0 aliphatic carbocycles. The van der Waals surface area contributed by atoms with E-state index in [1.54, 1.807) is 11.9 Å². The molecular weight excluding hydrogens is 262 g/mol. The van der Waals surface area contributed by atoms with Crippen LogP contribution in [0.1, 0.15) is 16.7 Å². The molecule has 0 aliphatic heterocycles. The quantitative estimate of drug-likeness (QED) is 0.842. The first kappa shape index (κ1) is 15.1. The van der Waals surface area contributed by atoms with E-state index >= 15 is 0 Å². The van der Waals surface area contributed by atoms with Gasteiger partial charge in [0.05, 0.1) is 0 Å². The second-order valence-corrected chi connectivity index (χ2v) is 5.28. The summed E-state index contributed by atoms with van der Waals surface area (Å²) in [5, 5.41) is 0. The topological polar surface area (TPSA) is 29.5 Å². The molecule has 0 spiro atoms. The zero-order valence-electron chi connectivity index (χ0n) is 12.8. The van der Waals surface area contributed by atoms with Gasteiger partial charge in [0.2, 0.25) is 0 Å². The van der Waals surface area contributed by atoms with Crippen molar-refractivity contribution in [1.29, 1.82) is 0 Å². The number of nitrogens with zero attached hydrogens (tertiary/aromatic N) is 1. The highest BCUT2D eigenvalue weighted by Gasteiger charge is 2.11. The molecule has 0 fully saturated rings. The van der Waals surface area contributed by atoms with Gasteiger partial charge < -0.3 is 9.64 Å². The Balaban J connectivity index is 1.90. The first-order valence-electron chi connectivity index (χ1n) is 7.04. The summed E-state index contributed by atoms with van der Waals surface area (Å²) in [5.74, 6) is 0.701. The summed E-state index contributed by atoms with van der Waals surface area (Å²) in [6, 6.07) is 15.8. The number of hydrogen-bond acceptors (Lipinski definition) is 2. The minimum atomic E-state index is -0.0280. The zero-order chi connectivity index (χ0) is 15.2. The van der Waals surface area contributed by atoms with E-state index in [-0.39, 0.29) is 12.5 Å². The number of benzene rings is 2. The molecule has 0 unspecified atom stereocenters. The molecule has 0 N–H and O–H groups in total. The van der Waals surface area contributed by atoms with Crippen LogP contribution in [0.2, 0.25) is 0 Å². The lowest BCUT2D eigenvalue weighted by molar-refractivity contribution is -0.132. The summed E-state index contributed by atoms with van der Waals surface area (Å²) in [5.41, 5.74) is 3.47. The van der Waals surface area contributed by atoms with Crippen LogP contribution in [-0.4, -0.2) is 24.5 Å². The van der Waals surface area contributed by atoms with E-state index in [2.05, 4.69) is 13.0 Å². The van der Waals surface area contributed by atoms with Gasteiger partial charge in [-0.1, -0.05) is 36.4 Å². The predicted octanol–water partition coefficient (Wildman–Crippen LogP) is 3.34. The average molecular weight is 283 g/mol. The Kier molecular flexibility index (Phi) is 4.99. The van der Waals surface area contributed by atoms with Crippen molar-refractivity contribution in [1.82, 2.24) is 4.90 Å². The fourth-order valence-corrected chi connectivity index (χ4v) is 2.09. The van der Waals surface area contributed by atoms with Crippen LogP contribution in [-0.2, 0) is 11.3 Å². The standard InChI is InChI=1S/C18H21NO2/c1-14-7-6-10-17(11-14)21-13-18(20)19(3)12-16-9-5-4-8-15(16)2/h4-11H,12-13H2,1-3H3. The van der Waals surface area contributed by atoms with Crippen LogP contribution in [0.4, 0.5) is 0 Å². The predicted molar refractivity (Wildman–Crippen MR) is 84.3 cm³/mol. The number of amides is 1. The van der Waals surface area contributed by atoms with E-state index in [0.29, 0.717) is 6.54 Å². The molecule has 3 heteroatoms. The highest BCUT2D eigenvalue weighted by Crippen LogP contribution is 2.13. The molecule has 110 valence electrons. The van der Waals surface area contributed by atoms with Crippen LogP contribution < -0.4 is 4.74 Å². The van der Waals surface area contributed by atoms with Crippen LogP contribution in [0.25, 0.3) is 0 Å². The van der Waals surface area contributed by atoms with Gasteiger partial charge in [0.25, 0.3) is 5.91 Å². The third-order valence-corrected chi connectivity index (χ3v) is 3.45. The van der Waals surface area contributed by atoms with Gasteiger partial charge in [0.15, 0.2) is 6.61 Å². The fraction of sp³-hybridized carbons (Fsp3) is 0.278. The summed E-state index contributed by atoms with van der Waals surface area (Å²) < 4.78 is 5.55. The molecule has 0 aromatic heterocycles. The molecule has 0 atom stereocenters. The number of hydrogen-bond donors (Lipinski definition) is 0. The number of likely N-dealkylation sites (N-methyl/N-ethyl adjacent to an activating group) is 1. The molecule has 0 radical (unpaired) electrons. The van der Waals surface area contributed by atoms with E-state index < -0.39 is 0 Å². The number of carbonyl (C=O) groups is 1. The minimum absolute atomic E-state index is 0.0280. The van der Waals surface area contributed by atoms with Crippen LogP contribution in [0.15, 0.2) is 48.5 Å². The highest BCUT2D eigenvalue weighted by atomic mass is 16.5. The maximum absolute atomic E-state index is 12.1. The van der Waals surface area contributed by atoms with Gasteiger partial charge in [-0.3, -0.25) is 4.79 Å². The van der Waals surface area contributed by atoms with Gasteiger partial charge >= 0.3 is 0 Å². The number of aryl methyl sites for hydroxylation is 2. The molecule has 21 heavy (non-hydrogen) atoms. The number of carbonyl (C=O) groups excluding carboxylic acids is 1. The zero-order valence-corrected chi connectivity index (χ0v) is 12.8. The van der Waals surface area contributed by atoms with Gasteiger partial charge in [-0.2, -0.15) is 0 Å². The van der Waals surface area contributed by atoms with E-state index in [9.17, 15) is 4.79 Å². The van der Waals surface area contributed by atoms with E-state index in [1.165, 1.54) is 5.56 Å². The maximum Gasteiger partial charge on any atom is 0.260 e.